The van der Waals surface area contributed by atoms with E-state index in [0.29, 0.717) is 19.1 Å². The highest BCUT2D eigenvalue weighted by molar-refractivity contribution is 5.74. The summed E-state index contributed by atoms with van der Waals surface area (Å²) in [6.45, 7) is 7.37. The second-order valence-electron chi connectivity index (χ2n) is 6.41. The van der Waals surface area contributed by atoms with Gasteiger partial charge in [-0.2, -0.15) is 0 Å². The first-order chi connectivity index (χ1) is 11.8. The van der Waals surface area contributed by atoms with Crippen LogP contribution in [-0.2, 0) is 4.74 Å². The maximum atomic E-state index is 12.2. The van der Waals surface area contributed by atoms with E-state index >= 15 is 0 Å². The van der Waals surface area contributed by atoms with Gasteiger partial charge in [0, 0.05) is 39.3 Å². The van der Waals surface area contributed by atoms with Crippen molar-refractivity contribution in [2.24, 2.45) is 5.92 Å². The van der Waals surface area contributed by atoms with Crippen LogP contribution in [0.3, 0.4) is 0 Å². The van der Waals surface area contributed by atoms with Crippen LogP contribution in [0.2, 0.25) is 0 Å². The van der Waals surface area contributed by atoms with E-state index in [2.05, 4.69) is 10.2 Å². The van der Waals surface area contributed by atoms with Crippen molar-refractivity contribution in [1.29, 1.82) is 0 Å². The molecule has 0 saturated carbocycles. The Labute approximate surface area is 143 Å². The number of ether oxygens (including phenoxy) is 2. The normalized spacial score (nSPS) is 21.7. The van der Waals surface area contributed by atoms with Crippen LogP contribution in [0.4, 0.5) is 4.79 Å². The molecule has 6 heteroatoms. The molecule has 24 heavy (non-hydrogen) atoms. The van der Waals surface area contributed by atoms with E-state index in [1.165, 1.54) is 6.42 Å². The van der Waals surface area contributed by atoms with Crippen molar-refractivity contribution >= 4 is 6.03 Å². The maximum absolute atomic E-state index is 12.2. The first-order valence-electron chi connectivity index (χ1n) is 8.82. The van der Waals surface area contributed by atoms with Gasteiger partial charge in [-0.25, -0.2) is 4.79 Å². The van der Waals surface area contributed by atoms with Crippen LogP contribution in [0.25, 0.3) is 0 Å². The molecule has 6 nitrogen and oxygen atoms in total. The number of para-hydroxylation sites is 1. The fourth-order valence-corrected chi connectivity index (χ4v) is 3.18. The van der Waals surface area contributed by atoms with E-state index in [9.17, 15) is 4.79 Å². The van der Waals surface area contributed by atoms with Gasteiger partial charge in [-0.15, -0.1) is 0 Å². The van der Waals surface area contributed by atoms with Gasteiger partial charge in [0.2, 0.25) is 0 Å². The van der Waals surface area contributed by atoms with Crippen LogP contribution in [0.15, 0.2) is 30.3 Å². The summed E-state index contributed by atoms with van der Waals surface area (Å²) in [4.78, 5) is 16.5. The SMILES string of the molecule is O=C(NCCOc1ccccc1)N1CCN(CC2CCOC2)CC1. The number of hydrogen-bond acceptors (Lipinski definition) is 4. The summed E-state index contributed by atoms with van der Waals surface area (Å²) in [5.74, 6) is 1.50. The lowest BCUT2D eigenvalue weighted by Gasteiger charge is -2.35. The average molecular weight is 333 g/mol. The van der Waals surface area contributed by atoms with Crippen molar-refractivity contribution < 1.29 is 14.3 Å². The average Bonchev–Trinajstić information content (AvgIpc) is 3.13. The Morgan fingerprint density at radius 1 is 1.21 bits per heavy atom. The fourth-order valence-electron chi connectivity index (χ4n) is 3.18. The molecular weight excluding hydrogens is 306 g/mol. The van der Waals surface area contributed by atoms with Gasteiger partial charge in [0.15, 0.2) is 0 Å². The largest absolute Gasteiger partial charge is 0.492 e. The Balaban J connectivity index is 1.29. The van der Waals surface area contributed by atoms with Crippen molar-refractivity contribution in [3.8, 4) is 5.75 Å². The molecule has 1 atom stereocenters. The first kappa shape index (κ1) is 17.0. The number of piperazine rings is 1. The van der Waals surface area contributed by atoms with E-state index in [1.807, 2.05) is 35.2 Å². The van der Waals surface area contributed by atoms with Crippen molar-refractivity contribution in [1.82, 2.24) is 15.1 Å². The number of hydrogen-bond donors (Lipinski definition) is 1. The van der Waals surface area contributed by atoms with E-state index < -0.39 is 0 Å². The highest BCUT2D eigenvalue weighted by Gasteiger charge is 2.24. The van der Waals surface area contributed by atoms with E-state index in [-0.39, 0.29) is 6.03 Å². The first-order valence-corrected chi connectivity index (χ1v) is 8.82. The lowest BCUT2D eigenvalue weighted by molar-refractivity contribution is 0.119. The molecule has 132 valence electrons. The molecule has 1 aromatic rings. The van der Waals surface area contributed by atoms with Crippen LogP contribution in [0.1, 0.15) is 6.42 Å². The lowest BCUT2D eigenvalue weighted by atomic mass is 10.1. The van der Waals surface area contributed by atoms with Crippen LogP contribution in [0, 0.1) is 5.92 Å². The van der Waals surface area contributed by atoms with Crippen LogP contribution < -0.4 is 10.1 Å². The maximum Gasteiger partial charge on any atom is 0.317 e. The number of carbonyl (C=O) groups is 1. The predicted molar refractivity (Wildman–Crippen MR) is 92.3 cm³/mol. The van der Waals surface area contributed by atoms with Crippen molar-refractivity contribution in [3.63, 3.8) is 0 Å². The molecule has 2 aliphatic heterocycles. The summed E-state index contributed by atoms with van der Waals surface area (Å²) in [7, 11) is 0. The third-order valence-electron chi connectivity index (χ3n) is 4.59. The van der Waals surface area contributed by atoms with Gasteiger partial charge >= 0.3 is 6.03 Å². The molecule has 1 N–H and O–H groups in total. The zero-order chi connectivity index (χ0) is 16.6. The van der Waals surface area contributed by atoms with Crippen LogP contribution in [0.5, 0.6) is 5.75 Å². The molecule has 0 aromatic heterocycles. The van der Waals surface area contributed by atoms with Gasteiger partial charge in [-0.3, -0.25) is 4.90 Å². The van der Waals surface area contributed by atoms with Crippen molar-refractivity contribution in [3.05, 3.63) is 30.3 Å². The van der Waals surface area contributed by atoms with Gasteiger partial charge in [0.25, 0.3) is 0 Å². The molecular formula is C18H27N3O3. The van der Waals surface area contributed by atoms with Gasteiger partial charge < -0.3 is 19.7 Å². The number of carbonyl (C=O) groups excluding carboxylic acids is 1. The Hall–Kier alpha value is -1.79. The number of urea groups is 1. The second-order valence-corrected chi connectivity index (χ2v) is 6.41. The fraction of sp³-hybridized carbons (Fsp3) is 0.611. The molecule has 1 unspecified atom stereocenters. The third kappa shape index (κ3) is 5.11. The summed E-state index contributed by atoms with van der Waals surface area (Å²) in [6, 6.07) is 9.66. The zero-order valence-electron chi connectivity index (χ0n) is 14.2. The summed E-state index contributed by atoms with van der Waals surface area (Å²) in [6.07, 6.45) is 1.17. The van der Waals surface area contributed by atoms with Crippen molar-refractivity contribution in [2.45, 2.75) is 6.42 Å². The molecule has 2 saturated heterocycles. The second kappa shape index (κ2) is 8.89. The van der Waals surface area contributed by atoms with Gasteiger partial charge in [-0.05, 0) is 24.5 Å². The molecule has 2 amide bonds. The number of nitrogens with one attached hydrogen (secondary N) is 1. The Morgan fingerprint density at radius 3 is 2.71 bits per heavy atom. The molecule has 2 fully saturated rings. The molecule has 0 radical (unpaired) electrons. The highest BCUT2D eigenvalue weighted by atomic mass is 16.5. The molecule has 2 heterocycles. The third-order valence-corrected chi connectivity index (χ3v) is 4.59. The Kier molecular flexibility index (Phi) is 6.32. The summed E-state index contributed by atoms with van der Waals surface area (Å²) < 4.78 is 11.0. The smallest absolute Gasteiger partial charge is 0.317 e. The van der Waals surface area contributed by atoms with Gasteiger partial charge in [-0.1, -0.05) is 18.2 Å². The zero-order valence-corrected chi connectivity index (χ0v) is 14.2. The molecule has 0 spiro atoms. The molecule has 0 bridgehead atoms. The minimum absolute atomic E-state index is 0.00973. The minimum Gasteiger partial charge on any atom is -0.492 e. The standard InChI is InChI=1S/C18H27N3O3/c22-18(19-7-13-24-17-4-2-1-3-5-17)21-10-8-20(9-11-21)14-16-6-12-23-15-16/h1-5,16H,6-15H2,(H,19,22). The molecule has 0 aliphatic carbocycles. The van der Waals surface area contributed by atoms with Crippen molar-refractivity contribution in [2.75, 3.05) is 59.1 Å². The van der Waals surface area contributed by atoms with Crippen LogP contribution >= 0.6 is 0 Å². The lowest BCUT2D eigenvalue weighted by Crippen LogP contribution is -2.52. The van der Waals surface area contributed by atoms with E-state index in [0.717, 1.165) is 51.7 Å². The number of benzene rings is 1. The molecule has 1 aromatic carbocycles. The van der Waals surface area contributed by atoms with E-state index in [4.69, 9.17) is 9.47 Å². The molecule has 3 rings (SSSR count). The van der Waals surface area contributed by atoms with E-state index in [1.54, 1.807) is 0 Å². The van der Waals surface area contributed by atoms with Gasteiger partial charge in [0.05, 0.1) is 13.2 Å². The number of amides is 2. The Bertz CT molecular complexity index is 497. The summed E-state index contributed by atoms with van der Waals surface area (Å²) >= 11 is 0. The highest BCUT2D eigenvalue weighted by Crippen LogP contribution is 2.15. The number of rotatable bonds is 6. The Morgan fingerprint density at radius 2 is 2.00 bits per heavy atom. The summed E-state index contributed by atoms with van der Waals surface area (Å²) in [5, 5.41) is 2.93. The van der Waals surface area contributed by atoms with Crippen LogP contribution in [-0.4, -0.2) is 74.9 Å². The quantitative estimate of drug-likeness (QED) is 0.800. The number of nitrogens with zero attached hydrogens (tertiary/aromatic N) is 2. The topological polar surface area (TPSA) is 54.0 Å². The molecule has 2 aliphatic rings. The van der Waals surface area contributed by atoms with Gasteiger partial charge in [0.1, 0.15) is 12.4 Å². The predicted octanol–water partition coefficient (Wildman–Crippen LogP) is 1.43. The monoisotopic (exact) mass is 333 g/mol. The summed E-state index contributed by atoms with van der Waals surface area (Å²) in [5.41, 5.74) is 0. The minimum atomic E-state index is 0.00973.